The Balaban J connectivity index is 2.20. The SMILES string of the molecule is CC(C)C1NCC(c2c(F)cccc2Cl)O1. The molecule has 1 fully saturated rings. The summed E-state index contributed by atoms with van der Waals surface area (Å²) in [6.45, 7) is 4.72. The molecule has 1 aliphatic rings. The van der Waals surface area contributed by atoms with E-state index in [4.69, 9.17) is 16.3 Å². The van der Waals surface area contributed by atoms with Gasteiger partial charge in [-0.3, -0.25) is 5.32 Å². The van der Waals surface area contributed by atoms with E-state index in [-0.39, 0.29) is 18.1 Å². The van der Waals surface area contributed by atoms with Crippen molar-refractivity contribution < 1.29 is 9.13 Å². The molecule has 1 aromatic carbocycles. The minimum Gasteiger partial charge on any atom is -0.354 e. The number of ether oxygens (including phenoxy) is 1. The van der Waals surface area contributed by atoms with Crippen molar-refractivity contribution in [1.29, 1.82) is 0 Å². The topological polar surface area (TPSA) is 21.3 Å². The summed E-state index contributed by atoms with van der Waals surface area (Å²) in [5.41, 5.74) is 0.458. The Bertz CT molecular complexity index is 363. The predicted octanol–water partition coefficient (Wildman–Crippen LogP) is 3.12. The van der Waals surface area contributed by atoms with Gasteiger partial charge in [-0.15, -0.1) is 0 Å². The summed E-state index contributed by atoms with van der Waals surface area (Å²) in [5, 5.41) is 3.64. The third-order valence-corrected chi connectivity index (χ3v) is 3.07. The number of hydrogen-bond donors (Lipinski definition) is 1. The molecular formula is C12H15ClFNO. The van der Waals surface area contributed by atoms with Gasteiger partial charge in [-0.25, -0.2) is 4.39 Å². The van der Waals surface area contributed by atoms with Crippen LogP contribution in [0, 0.1) is 11.7 Å². The molecule has 2 atom stereocenters. The van der Waals surface area contributed by atoms with E-state index in [1.807, 2.05) is 0 Å². The lowest BCUT2D eigenvalue weighted by molar-refractivity contribution is 0.0122. The van der Waals surface area contributed by atoms with Crippen molar-refractivity contribution in [3.63, 3.8) is 0 Å². The van der Waals surface area contributed by atoms with Gasteiger partial charge in [0.1, 0.15) is 18.1 Å². The Hall–Kier alpha value is -0.640. The molecule has 2 nitrogen and oxygen atoms in total. The second kappa shape index (κ2) is 4.70. The van der Waals surface area contributed by atoms with E-state index in [1.54, 1.807) is 12.1 Å². The molecule has 16 heavy (non-hydrogen) atoms. The lowest BCUT2D eigenvalue weighted by Gasteiger charge is -2.17. The standard InChI is InChI=1S/C12H15ClFNO/c1-7(2)12-15-6-10(16-12)11-8(13)4-3-5-9(11)14/h3-5,7,10,12,15H,6H2,1-2H3. The van der Waals surface area contributed by atoms with Crippen LogP contribution in [0.25, 0.3) is 0 Å². The summed E-state index contributed by atoms with van der Waals surface area (Å²) in [5.74, 6) is 0.0549. The maximum absolute atomic E-state index is 13.6. The highest BCUT2D eigenvalue weighted by Crippen LogP contribution is 2.32. The fourth-order valence-corrected chi connectivity index (χ4v) is 2.16. The highest BCUT2D eigenvalue weighted by atomic mass is 35.5. The first-order chi connectivity index (χ1) is 7.59. The molecule has 1 aliphatic heterocycles. The molecule has 1 aromatic rings. The molecule has 0 amide bonds. The number of hydrogen-bond acceptors (Lipinski definition) is 2. The van der Waals surface area contributed by atoms with Crippen LogP contribution in [0.15, 0.2) is 18.2 Å². The van der Waals surface area contributed by atoms with Crippen molar-refractivity contribution in [2.24, 2.45) is 5.92 Å². The van der Waals surface area contributed by atoms with Gasteiger partial charge >= 0.3 is 0 Å². The van der Waals surface area contributed by atoms with Crippen LogP contribution in [0.1, 0.15) is 25.5 Å². The Morgan fingerprint density at radius 1 is 1.50 bits per heavy atom. The van der Waals surface area contributed by atoms with Gasteiger partial charge in [-0.2, -0.15) is 0 Å². The van der Waals surface area contributed by atoms with Crippen molar-refractivity contribution in [3.8, 4) is 0 Å². The van der Waals surface area contributed by atoms with Crippen LogP contribution in [0.4, 0.5) is 4.39 Å². The normalized spacial score (nSPS) is 25.3. The van der Waals surface area contributed by atoms with Gasteiger partial charge in [0, 0.05) is 17.1 Å². The van der Waals surface area contributed by atoms with Crippen molar-refractivity contribution in [3.05, 3.63) is 34.6 Å². The fourth-order valence-electron chi connectivity index (χ4n) is 1.88. The molecule has 0 saturated carbocycles. The molecule has 0 radical (unpaired) electrons. The van der Waals surface area contributed by atoms with Crippen molar-refractivity contribution in [2.75, 3.05) is 6.54 Å². The molecule has 0 aromatic heterocycles. The molecule has 1 N–H and O–H groups in total. The van der Waals surface area contributed by atoms with E-state index in [0.717, 1.165) is 0 Å². The first-order valence-electron chi connectivity index (χ1n) is 5.42. The van der Waals surface area contributed by atoms with Crippen LogP contribution in [0.2, 0.25) is 5.02 Å². The summed E-state index contributed by atoms with van der Waals surface area (Å²) in [7, 11) is 0. The average molecular weight is 244 g/mol. The molecule has 0 aliphatic carbocycles. The highest BCUT2D eigenvalue weighted by Gasteiger charge is 2.30. The number of halogens is 2. The molecule has 2 unspecified atom stereocenters. The summed E-state index contributed by atoms with van der Waals surface area (Å²) in [6.07, 6.45) is -0.318. The van der Waals surface area contributed by atoms with Gasteiger partial charge in [-0.05, 0) is 18.1 Å². The molecule has 0 bridgehead atoms. The quantitative estimate of drug-likeness (QED) is 0.862. The summed E-state index contributed by atoms with van der Waals surface area (Å²) >= 11 is 5.99. The third kappa shape index (κ3) is 2.21. The lowest BCUT2D eigenvalue weighted by atomic mass is 10.1. The number of rotatable bonds is 2. The van der Waals surface area contributed by atoms with E-state index in [9.17, 15) is 4.39 Å². The van der Waals surface area contributed by atoms with Crippen LogP contribution in [-0.2, 0) is 4.74 Å². The second-order valence-electron chi connectivity index (χ2n) is 4.33. The minimum atomic E-state index is -0.302. The molecule has 1 saturated heterocycles. The molecule has 0 spiro atoms. The largest absolute Gasteiger partial charge is 0.354 e. The van der Waals surface area contributed by atoms with Gasteiger partial charge < -0.3 is 4.74 Å². The van der Waals surface area contributed by atoms with E-state index in [1.165, 1.54) is 6.07 Å². The van der Waals surface area contributed by atoms with E-state index < -0.39 is 0 Å². The first kappa shape index (κ1) is 11.8. The molecular weight excluding hydrogens is 229 g/mol. The maximum atomic E-state index is 13.6. The van der Waals surface area contributed by atoms with Crippen LogP contribution in [0.5, 0.6) is 0 Å². The summed E-state index contributed by atoms with van der Waals surface area (Å²) in [6, 6.07) is 4.70. The number of nitrogens with one attached hydrogen (secondary N) is 1. The zero-order chi connectivity index (χ0) is 11.7. The van der Waals surface area contributed by atoms with Gasteiger partial charge in [0.15, 0.2) is 0 Å². The Morgan fingerprint density at radius 3 is 2.81 bits per heavy atom. The highest BCUT2D eigenvalue weighted by molar-refractivity contribution is 6.31. The molecule has 2 rings (SSSR count). The van der Waals surface area contributed by atoms with E-state index >= 15 is 0 Å². The smallest absolute Gasteiger partial charge is 0.130 e. The Labute approximate surface area is 99.7 Å². The first-order valence-corrected chi connectivity index (χ1v) is 5.80. The zero-order valence-corrected chi connectivity index (χ0v) is 10.1. The Morgan fingerprint density at radius 2 is 2.25 bits per heavy atom. The van der Waals surface area contributed by atoms with E-state index in [2.05, 4.69) is 19.2 Å². The molecule has 1 heterocycles. The van der Waals surface area contributed by atoms with Crippen LogP contribution < -0.4 is 5.32 Å². The third-order valence-electron chi connectivity index (χ3n) is 2.74. The monoisotopic (exact) mass is 243 g/mol. The van der Waals surface area contributed by atoms with Crippen molar-refractivity contribution in [1.82, 2.24) is 5.32 Å². The van der Waals surface area contributed by atoms with E-state index in [0.29, 0.717) is 23.0 Å². The van der Waals surface area contributed by atoms with Crippen molar-refractivity contribution >= 4 is 11.6 Å². The maximum Gasteiger partial charge on any atom is 0.130 e. The van der Waals surface area contributed by atoms with Gasteiger partial charge in [0.05, 0.1) is 0 Å². The van der Waals surface area contributed by atoms with Gasteiger partial charge in [0.2, 0.25) is 0 Å². The van der Waals surface area contributed by atoms with Crippen LogP contribution in [-0.4, -0.2) is 12.8 Å². The Kier molecular flexibility index (Phi) is 3.47. The molecule has 88 valence electrons. The van der Waals surface area contributed by atoms with Gasteiger partial charge in [0.25, 0.3) is 0 Å². The molecule has 4 heteroatoms. The lowest BCUT2D eigenvalue weighted by Crippen LogP contribution is -2.27. The summed E-state index contributed by atoms with van der Waals surface area (Å²) < 4.78 is 19.4. The van der Waals surface area contributed by atoms with Crippen LogP contribution in [0.3, 0.4) is 0 Å². The average Bonchev–Trinajstić information content (AvgIpc) is 2.66. The van der Waals surface area contributed by atoms with Crippen LogP contribution >= 0.6 is 11.6 Å². The predicted molar refractivity (Wildman–Crippen MR) is 61.9 cm³/mol. The summed E-state index contributed by atoms with van der Waals surface area (Å²) in [4.78, 5) is 0. The second-order valence-corrected chi connectivity index (χ2v) is 4.74. The minimum absolute atomic E-state index is 0.0272. The number of benzene rings is 1. The fraction of sp³-hybridized carbons (Fsp3) is 0.500. The zero-order valence-electron chi connectivity index (χ0n) is 9.34. The van der Waals surface area contributed by atoms with Gasteiger partial charge in [-0.1, -0.05) is 31.5 Å². The van der Waals surface area contributed by atoms with Crippen molar-refractivity contribution in [2.45, 2.75) is 26.2 Å².